The molecule has 1 unspecified atom stereocenters. The first-order valence-electron chi connectivity index (χ1n) is 8.92. The van der Waals surface area contributed by atoms with Crippen LogP contribution >= 0.6 is 0 Å². The fourth-order valence-corrected chi connectivity index (χ4v) is 2.83. The Balaban J connectivity index is 1.80. The Bertz CT molecular complexity index is 566. The number of piperazine rings is 1. The van der Waals surface area contributed by atoms with Crippen LogP contribution in [-0.2, 0) is 16.1 Å². The molecular weight excluding hydrogens is 318 g/mol. The summed E-state index contributed by atoms with van der Waals surface area (Å²) >= 11 is 0. The first-order valence-corrected chi connectivity index (χ1v) is 8.92. The number of amides is 2. The summed E-state index contributed by atoms with van der Waals surface area (Å²) in [5.74, 6) is 0.107. The second-order valence-electron chi connectivity index (χ2n) is 6.58. The third kappa shape index (κ3) is 5.83. The average Bonchev–Trinajstić information content (AvgIpc) is 2.62. The summed E-state index contributed by atoms with van der Waals surface area (Å²) < 4.78 is 5.09. The molecule has 1 heterocycles. The molecule has 1 aromatic carbocycles. The summed E-state index contributed by atoms with van der Waals surface area (Å²) in [6, 6.07) is 7.75. The predicted molar refractivity (Wildman–Crippen MR) is 97.4 cm³/mol. The number of benzene rings is 1. The van der Waals surface area contributed by atoms with Crippen molar-refractivity contribution in [2.75, 3.05) is 39.8 Å². The van der Waals surface area contributed by atoms with Crippen molar-refractivity contribution in [2.24, 2.45) is 0 Å². The summed E-state index contributed by atoms with van der Waals surface area (Å²) in [5.41, 5.74) is 1.75. The molecular formula is C19H29N3O3. The van der Waals surface area contributed by atoms with Gasteiger partial charge in [-0.2, -0.15) is 0 Å². The molecule has 1 fully saturated rings. The number of rotatable bonds is 7. The maximum atomic E-state index is 12.6. The van der Waals surface area contributed by atoms with E-state index in [9.17, 15) is 9.59 Å². The molecule has 1 aliphatic rings. The van der Waals surface area contributed by atoms with Gasteiger partial charge in [-0.1, -0.05) is 19.1 Å². The Morgan fingerprint density at radius 2 is 1.80 bits per heavy atom. The Hall–Kier alpha value is -1.92. The van der Waals surface area contributed by atoms with Crippen molar-refractivity contribution in [3.63, 3.8) is 0 Å². The topological polar surface area (TPSA) is 61.9 Å². The molecule has 0 bridgehead atoms. The van der Waals surface area contributed by atoms with Gasteiger partial charge in [0.2, 0.25) is 5.91 Å². The van der Waals surface area contributed by atoms with Gasteiger partial charge in [-0.15, -0.1) is 0 Å². The van der Waals surface area contributed by atoms with Gasteiger partial charge in [0, 0.05) is 44.9 Å². The predicted octanol–water partition coefficient (Wildman–Crippen LogP) is 1.51. The van der Waals surface area contributed by atoms with Crippen LogP contribution in [0.2, 0.25) is 0 Å². The van der Waals surface area contributed by atoms with E-state index >= 15 is 0 Å². The monoisotopic (exact) mass is 347 g/mol. The van der Waals surface area contributed by atoms with Crippen LogP contribution in [-0.4, -0.2) is 67.5 Å². The van der Waals surface area contributed by atoms with Crippen LogP contribution in [0.3, 0.4) is 0 Å². The lowest BCUT2D eigenvalue weighted by molar-refractivity contribution is -0.123. The highest BCUT2D eigenvalue weighted by Crippen LogP contribution is 2.11. The summed E-state index contributed by atoms with van der Waals surface area (Å²) in [7, 11) is 1.65. The number of hydrogen-bond donors (Lipinski definition) is 1. The number of carbonyl (C=O) groups excluding carboxylic acids is 2. The van der Waals surface area contributed by atoms with Gasteiger partial charge in [-0.05, 0) is 31.0 Å². The number of ether oxygens (including phenoxy) is 1. The third-order valence-electron chi connectivity index (χ3n) is 4.56. The lowest BCUT2D eigenvalue weighted by Gasteiger charge is -2.34. The van der Waals surface area contributed by atoms with E-state index in [1.54, 1.807) is 7.11 Å². The molecule has 0 aromatic heterocycles. The summed E-state index contributed by atoms with van der Waals surface area (Å²) in [5, 5.41) is 2.98. The molecule has 1 atom stereocenters. The zero-order valence-corrected chi connectivity index (χ0v) is 15.5. The van der Waals surface area contributed by atoms with E-state index in [0.29, 0.717) is 31.8 Å². The second-order valence-corrected chi connectivity index (χ2v) is 6.58. The SMILES string of the molecule is CCC(C)NC(=O)CN1CCN(C(=O)c2ccc(COC)cc2)CC1. The molecule has 0 spiro atoms. The molecule has 2 rings (SSSR count). The van der Waals surface area contributed by atoms with E-state index in [-0.39, 0.29) is 17.9 Å². The van der Waals surface area contributed by atoms with Gasteiger partial charge >= 0.3 is 0 Å². The minimum Gasteiger partial charge on any atom is -0.380 e. The molecule has 0 radical (unpaired) electrons. The molecule has 1 saturated heterocycles. The maximum Gasteiger partial charge on any atom is 0.253 e. The fourth-order valence-electron chi connectivity index (χ4n) is 2.83. The average molecular weight is 347 g/mol. The summed E-state index contributed by atoms with van der Waals surface area (Å²) in [6.07, 6.45) is 0.928. The standard InChI is InChI=1S/C19H29N3O3/c1-4-15(2)20-18(23)13-21-9-11-22(12-10-21)19(24)17-7-5-16(6-8-17)14-25-3/h5-8,15H,4,9-14H2,1-3H3,(H,20,23). The quantitative estimate of drug-likeness (QED) is 0.812. The summed E-state index contributed by atoms with van der Waals surface area (Å²) in [4.78, 5) is 28.5. The number of hydrogen-bond acceptors (Lipinski definition) is 4. The Labute approximate surface area is 150 Å². The van der Waals surface area contributed by atoms with Crippen molar-refractivity contribution >= 4 is 11.8 Å². The van der Waals surface area contributed by atoms with Crippen LogP contribution in [0.4, 0.5) is 0 Å². The fraction of sp³-hybridized carbons (Fsp3) is 0.579. The highest BCUT2D eigenvalue weighted by atomic mass is 16.5. The molecule has 0 saturated carbocycles. The van der Waals surface area contributed by atoms with Gasteiger partial charge in [-0.25, -0.2) is 0 Å². The van der Waals surface area contributed by atoms with Crippen molar-refractivity contribution in [2.45, 2.75) is 32.9 Å². The molecule has 138 valence electrons. The highest BCUT2D eigenvalue weighted by Gasteiger charge is 2.23. The van der Waals surface area contributed by atoms with Crippen molar-refractivity contribution in [3.05, 3.63) is 35.4 Å². The van der Waals surface area contributed by atoms with Crippen LogP contribution in [0.1, 0.15) is 36.2 Å². The lowest BCUT2D eigenvalue weighted by Crippen LogP contribution is -2.51. The number of nitrogens with one attached hydrogen (secondary N) is 1. The van der Waals surface area contributed by atoms with E-state index in [0.717, 1.165) is 25.1 Å². The molecule has 6 nitrogen and oxygen atoms in total. The zero-order valence-electron chi connectivity index (χ0n) is 15.5. The maximum absolute atomic E-state index is 12.6. The van der Waals surface area contributed by atoms with Crippen LogP contribution in [0, 0.1) is 0 Å². The largest absolute Gasteiger partial charge is 0.380 e. The van der Waals surface area contributed by atoms with Gasteiger partial charge in [0.15, 0.2) is 0 Å². The molecule has 2 amide bonds. The zero-order chi connectivity index (χ0) is 18.2. The van der Waals surface area contributed by atoms with Crippen LogP contribution in [0.25, 0.3) is 0 Å². The highest BCUT2D eigenvalue weighted by molar-refractivity contribution is 5.94. The van der Waals surface area contributed by atoms with Crippen molar-refractivity contribution < 1.29 is 14.3 Å². The van der Waals surface area contributed by atoms with E-state index in [2.05, 4.69) is 17.1 Å². The Kier molecular flexibility index (Phi) is 7.40. The van der Waals surface area contributed by atoms with Gasteiger partial charge in [0.05, 0.1) is 13.2 Å². The number of methoxy groups -OCH3 is 1. The van der Waals surface area contributed by atoms with Crippen LogP contribution in [0.5, 0.6) is 0 Å². The first-order chi connectivity index (χ1) is 12.0. The Morgan fingerprint density at radius 1 is 1.16 bits per heavy atom. The van der Waals surface area contributed by atoms with E-state index in [1.807, 2.05) is 36.1 Å². The number of carbonyl (C=O) groups is 2. The molecule has 0 aliphatic carbocycles. The molecule has 1 N–H and O–H groups in total. The van der Waals surface area contributed by atoms with Crippen molar-refractivity contribution in [1.82, 2.24) is 15.1 Å². The molecule has 25 heavy (non-hydrogen) atoms. The third-order valence-corrected chi connectivity index (χ3v) is 4.56. The molecule has 1 aromatic rings. The number of nitrogens with zero attached hydrogens (tertiary/aromatic N) is 2. The first kappa shape index (κ1) is 19.4. The van der Waals surface area contributed by atoms with Crippen LogP contribution in [0.15, 0.2) is 24.3 Å². The van der Waals surface area contributed by atoms with Crippen molar-refractivity contribution in [3.8, 4) is 0 Å². The smallest absolute Gasteiger partial charge is 0.253 e. The van der Waals surface area contributed by atoms with Gasteiger partial charge in [0.25, 0.3) is 5.91 Å². The second kappa shape index (κ2) is 9.53. The normalized spacial score (nSPS) is 16.5. The van der Waals surface area contributed by atoms with Gasteiger partial charge < -0.3 is 15.0 Å². The minimum absolute atomic E-state index is 0.0488. The molecule has 6 heteroatoms. The Morgan fingerprint density at radius 3 is 2.36 bits per heavy atom. The summed E-state index contributed by atoms with van der Waals surface area (Å²) in [6.45, 7) is 7.75. The van der Waals surface area contributed by atoms with Crippen LogP contribution < -0.4 is 5.32 Å². The van der Waals surface area contributed by atoms with E-state index in [1.165, 1.54) is 0 Å². The van der Waals surface area contributed by atoms with Gasteiger partial charge in [0.1, 0.15) is 0 Å². The van der Waals surface area contributed by atoms with Gasteiger partial charge in [-0.3, -0.25) is 14.5 Å². The van der Waals surface area contributed by atoms with E-state index in [4.69, 9.17) is 4.74 Å². The van der Waals surface area contributed by atoms with Crippen molar-refractivity contribution in [1.29, 1.82) is 0 Å². The minimum atomic E-state index is 0.0488. The molecule has 1 aliphatic heterocycles. The van der Waals surface area contributed by atoms with E-state index < -0.39 is 0 Å². The lowest BCUT2D eigenvalue weighted by atomic mass is 10.1.